The van der Waals surface area contributed by atoms with Crippen LogP contribution in [0.4, 0.5) is 0 Å². The van der Waals surface area contributed by atoms with Crippen molar-refractivity contribution in [1.82, 2.24) is 4.90 Å². The summed E-state index contributed by atoms with van der Waals surface area (Å²) in [7, 11) is 0. The predicted octanol–water partition coefficient (Wildman–Crippen LogP) is 3.42. The lowest BCUT2D eigenvalue weighted by Gasteiger charge is -2.21. The second-order valence-corrected chi connectivity index (χ2v) is 6.88. The molecule has 1 aliphatic heterocycles. The molecule has 2 amide bonds. The van der Waals surface area contributed by atoms with E-state index in [0.717, 1.165) is 15.7 Å². The summed E-state index contributed by atoms with van der Waals surface area (Å²) in [6.45, 7) is 5.60. The van der Waals surface area contributed by atoms with Crippen molar-refractivity contribution in [2.75, 3.05) is 13.2 Å². The molecular weight excluding hydrogens is 318 g/mol. The SMILES string of the molecule is CCC(C)(C)C(=O)OCCN1C(=O)c2cc3ccccc3cc2C1=O. The molecule has 0 aliphatic carbocycles. The lowest BCUT2D eigenvalue weighted by Crippen LogP contribution is -2.35. The van der Waals surface area contributed by atoms with Crippen LogP contribution in [0.2, 0.25) is 0 Å². The Balaban J connectivity index is 1.74. The quantitative estimate of drug-likeness (QED) is 0.618. The van der Waals surface area contributed by atoms with E-state index in [1.54, 1.807) is 12.1 Å². The molecule has 0 saturated heterocycles. The van der Waals surface area contributed by atoms with E-state index < -0.39 is 5.41 Å². The molecule has 0 bridgehead atoms. The van der Waals surface area contributed by atoms with Gasteiger partial charge >= 0.3 is 5.97 Å². The molecule has 0 N–H and O–H groups in total. The zero-order chi connectivity index (χ0) is 18.2. The van der Waals surface area contributed by atoms with E-state index in [4.69, 9.17) is 4.74 Å². The molecule has 5 nitrogen and oxygen atoms in total. The van der Waals surface area contributed by atoms with Crippen LogP contribution in [0.15, 0.2) is 36.4 Å². The Hall–Kier alpha value is -2.69. The lowest BCUT2D eigenvalue weighted by molar-refractivity contribution is -0.154. The topological polar surface area (TPSA) is 63.7 Å². The third-order valence-corrected chi connectivity index (χ3v) is 4.82. The van der Waals surface area contributed by atoms with E-state index in [1.165, 1.54) is 0 Å². The van der Waals surface area contributed by atoms with Crippen LogP contribution in [0.1, 0.15) is 47.9 Å². The first-order valence-corrected chi connectivity index (χ1v) is 8.41. The standard InChI is InChI=1S/C20H21NO4/c1-4-20(2,3)19(24)25-10-9-21-17(22)15-11-13-7-5-6-8-14(13)12-16(15)18(21)23/h5-8,11-12H,4,9-10H2,1-3H3. The van der Waals surface area contributed by atoms with Crippen LogP contribution in [0.25, 0.3) is 10.8 Å². The van der Waals surface area contributed by atoms with Gasteiger partial charge in [0, 0.05) is 0 Å². The van der Waals surface area contributed by atoms with Crippen LogP contribution < -0.4 is 0 Å². The number of esters is 1. The smallest absolute Gasteiger partial charge is 0.311 e. The minimum absolute atomic E-state index is 0.00719. The van der Waals surface area contributed by atoms with Gasteiger partial charge in [0.05, 0.1) is 23.1 Å². The highest BCUT2D eigenvalue weighted by atomic mass is 16.5. The molecule has 3 rings (SSSR count). The van der Waals surface area contributed by atoms with Gasteiger partial charge in [0.15, 0.2) is 0 Å². The molecule has 2 aromatic rings. The molecule has 1 heterocycles. The zero-order valence-corrected chi connectivity index (χ0v) is 14.7. The van der Waals surface area contributed by atoms with Gasteiger partial charge in [-0.15, -0.1) is 0 Å². The fourth-order valence-corrected chi connectivity index (χ4v) is 2.75. The van der Waals surface area contributed by atoms with E-state index >= 15 is 0 Å². The third-order valence-electron chi connectivity index (χ3n) is 4.82. The molecule has 2 aromatic carbocycles. The van der Waals surface area contributed by atoms with Crippen molar-refractivity contribution in [3.63, 3.8) is 0 Å². The van der Waals surface area contributed by atoms with Crippen molar-refractivity contribution in [3.8, 4) is 0 Å². The molecule has 130 valence electrons. The molecule has 25 heavy (non-hydrogen) atoms. The molecule has 0 spiro atoms. The van der Waals surface area contributed by atoms with Gasteiger partial charge in [0.25, 0.3) is 11.8 Å². The van der Waals surface area contributed by atoms with Crippen molar-refractivity contribution in [3.05, 3.63) is 47.5 Å². The highest BCUT2D eigenvalue weighted by Crippen LogP contribution is 2.28. The summed E-state index contributed by atoms with van der Waals surface area (Å²) >= 11 is 0. The maximum absolute atomic E-state index is 12.5. The van der Waals surface area contributed by atoms with E-state index in [9.17, 15) is 14.4 Å². The molecule has 0 atom stereocenters. The van der Waals surface area contributed by atoms with Crippen molar-refractivity contribution >= 4 is 28.6 Å². The minimum Gasteiger partial charge on any atom is -0.463 e. The fourth-order valence-electron chi connectivity index (χ4n) is 2.75. The first kappa shape index (κ1) is 17.1. The largest absolute Gasteiger partial charge is 0.463 e. The Kier molecular flexibility index (Phi) is 4.33. The second-order valence-electron chi connectivity index (χ2n) is 6.88. The number of fused-ring (bicyclic) bond motifs is 2. The predicted molar refractivity (Wildman–Crippen MR) is 94.3 cm³/mol. The second kappa shape index (κ2) is 6.31. The van der Waals surface area contributed by atoms with Crippen molar-refractivity contribution in [1.29, 1.82) is 0 Å². The lowest BCUT2D eigenvalue weighted by atomic mass is 9.91. The first-order chi connectivity index (χ1) is 11.8. The first-order valence-electron chi connectivity index (χ1n) is 8.41. The minimum atomic E-state index is -0.570. The summed E-state index contributed by atoms with van der Waals surface area (Å²) in [4.78, 5) is 38.2. The average molecular weight is 339 g/mol. The molecule has 0 aromatic heterocycles. The highest BCUT2D eigenvalue weighted by Gasteiger charge is 2.36. The van der Waals surface area contributed by atoms with Crippen molar-refractivity contribution < 1.29 is 19.1 Å². The van der Waals surface area contributed by atoms with Gasteiger partial charge < -0.3 is 4.74 Å². The summed E-state index contributed by atoms with van der Waals surface area (Å²) < 4.78 is 5.25. The summed E-state index contributed by atoms with van der Waals surface area (Å²) in [6.07, 6.45) is 0.658. The van der Waals surface area contributed by atoms with Crippen LogP contribution in [0.3, 0.4) is 0 Å². The van der Waals surface area contributed by atoms with Crippen LogP contribution in [0, 0.1) is 5.41 Å². The number of hydrogen-bond donors (Lipinski definition) is 0. The molecular formula is C20H21NO4. The number of nitrogens with zero attached hydrogens (tertiary/aromatic N) is 1. The van der Waals surface area contributed by atoms with Gasteiger partial charge in [-0.3, -0.25) is 19.3 Å². The van der Waals surface area contributed by atoms with Crippen LogP contribution in [-0.2, 0) is 9.53 Å². The van der Waals surface area contributed by atoms with E-state index in [-0.39, 0.29) is 30.9 Å². The maximum Gasteiger partial charge on any atom is 0.311 e. The van der Waals surface area contributed by atoms with Gasteiger partial charge in [0.1, 0.15) is 6.61 Å². The molecule has 0 fully saturated rings. The number of imide groups is 1. The van der Waals surface area contributed by atoms with Gasteiger partial charge in [-0.05, 0) is 43.2 Å². The number of carbonyl (C=O) groups is 3. The summed E-state index contributed by atoms with van der Waals surface area (Å²) in [5, 5.41) is 1.83. The van der Waals surface area contributed by atoms with Crippen LogP contribution in [-0.4, -0.2) is 35.8 Å². The zero-order valence-electron chi connectivity index (χ0n) is 14.7. The van der Waals surface area contributed by atoms with E-state index in [1.807, 2.05) is 45.0 Å². The molecule has 5 heteroatoms. The number of ether oxygens (including phenoxy) is 1. The Morgan fingerprint density at radius 3 is 2.04 bits per heavy atom. The summed E-state index contributed by atoms with van der Waals surface area (Å²) in [5.74, 6) is -0.995. The fraction of sp³-hybridized carbons (Fsp3) is 0.350. The molecule has 0 unspecified atom stereocenters. The van der Waals surface area contributed by atoms with Crippen LogP contribution >= 0.6 is 0 Å². The van der Waals surface area contributed by atoms with Crippen molar-refractivity contribution in [2.24, 2.45) is 5.41 Å². The van der Waals surface area contributed by atoms with Gasteiger partial charge in [-0.25, -0.2) is 0 Å². The van der Waals surface area contributed by atoms with E-state index in [2.05, 4.69) is 0 Å². The average Bonchev–Trinajstić information content (AvgIpc) is 2.84. The van der Waals surface area contributed by atoms with Gasteiger partial charge in [-0.2, -0.15) is 0 Å². The van der Waals surface area contributed by atoms with Crippen molar-refractivity contribution in [2.45, 2.75) is 27.2 Å². The number of rotatable bonds is 5. The van der Waals surface area contributed by atoms with Crippen LogP contribution in [0.5, 0.6) is 0 Å². The Labute approximate surface area is 146 Å². The van der Waals surface area contributed by atoms with Gasteiger partial charge in [-0.1, -0.05) is 31.2 Å². The Morgan fingerprint density at radius 1 is 1.04 bits per heavy atom. The Morgan fingerprint density at radius 2 is 1.56 bits per heavy atom. The van der Waals surface area contributed by atoms with Gasteiger partial charge in [0.2, 0.25) is 0 Å². The molecule has 0 radical (unpaired) electrons. The number of carbonyl (C=O) groups excluding carboxylic acids is 3. The summed E-state index contributed by atoms with van der Waals surface area (Å²) in [6, 6.07) is 11.1. The maximum atomic E-state index is 12.5. The summed E-state index contributed by atoms with van der Waals surface area (Å²) in [5.41, 5.74) is 0.243. The number of benzene rings is 2. The monoisotopic (exact) mass is 339 g/mol. The molecule has 0 saturated carbocycles. The molecule has 1 aliphatic rings. The third kappa shape index (κ3) is 3.02. The highest BCUT2D eigenvalue weighted by molar-refractivity contribution is 6.23. The number of amides is 2. The number of hydrogen-bond acceptors (Lipinski definition) is 4. The Bertz CT molecular complexity index is 815. The normalized spacial score (nSPS) is 14.1. The van der Waals surface area contributed by atoms with E-state index in [0.29, 0.717) is 17.5 Å².